The highest BCUT2D eigenvalue weighted by molar-refractivity contribution is 5.68. The van der Waals surface area contributed by atoms with Crippen molar-refractivity contribution in [3.05, 3.63) is 18.3 Å². The van der Waals surface area contributed by atoms with E-state index < -0.39 is 30.6 Å². The number of halogens is 4. The lowest BCUT2D eigenvalue weighted by molar-refractivity contribution is -0.0494. The molecule has 2 aromatic heterocycles. The van der Waals surface area contributed by atoms with Crippen LogP contribution in [0.4, 0.5) is 35.1 Å². The minimum Gasteiger partial charge on any atom is -0.431 e. The molecule has 3 saturated heterocycles. The van der Waals surface area contributed by atoms with E-state index >= 15 is 0 Å². The van der Waals surface area contributed by atoms with Crippen molar-refractivity contribution >= 4 is 17.6 Å². The third-order valence-corrected chi connectivity index (χ3v) is 6.08. The molecule has 0 saturated carbocycles. The molecule has 3 aliphatic rings. The first-order valence-electron chi connectivity index (χ1n) is 10.3. The molecule has 5 rings (SSSR count). The first kappa shape index (κ1) is 21.0. The molecular weight excluding hydrogens is 432 g/mol. The molecule has 0 aromatic carbocycles. The van der Waals surface area contributed by atoms with Crippen molar-refractivity contribution in [2.75, 3.05) is 41.8 Å². The standard InChI is InChI=1S/C20H22F4N6O2/c1-20(24)2-3-29(9-20)19-27-11(10-4-13(32-18(22)23)17(25)26-6-10)5-15(28-19)30-7-14-16(21)12(30)8-31-14/h4-6,12,14,16,18H,2-3,7-9H2,1H3,(H2,25,26)/t12?,14?,16?,20-/m0/s1. The van der Waals surface area contributed by atoms with Gasteiger partial charge in [0.05, 0.1) is 24.9 Å². The summed E-state index contributed by atoms with van der Waals surface area (Å²) in [5.74, 6) is 0.245. The Balaban J connectivity index is 1.56. The van der Waals surface area contributed by atoms with E-state index in [-0.39, 0.29) is 30.7 Å². The van der Waals surface area contributed by atoms with E-state index in [1.54, 1.807) is 15.9 Å². The molecule has 2 bridgehead atoms. The number of pyridine rings is 1. The molecule has 3 unspecified atom stereocenters. The van der Waals surface area contributed by atoms with Gasteiger partial charge in [-0.2, -0.15) is 13.8 Å². The number of rotatable bonds is 5. The van der Waals surface area contributed by atoms with Crippen LogP contribution in [0.3, 0.4) is 0 Å². The molecule has 0 radical (unpaired) electrons. The summed E-state index contributed by atoms with van der Waals surface area (Å²) >= 11 is 0. The Morgan fingerprint density at radius 1 is 1.31 bits per heavy atom. The van der Waals surface area contributed by atoms with E-state index in [4.69, 9.17) is 10.5 Å². The number of hydrogen-bond acceptors (Lipinski definition) is 8. The minimum atomic E-state index is -3.07. The highest BCUT2D eigenvalue weighted by atomic mass is 19.3. The maximum Gasteiger partial charge on any atom is 0.387 e. The Bertz CT molecular complexity index is 1030. The molecule has 4 atom stereocenters. The van der Waals surface area contributed by atoms with E-state index in [0.29, 0.717) is 36.6 Å². The molecule has 0 aliphatic carbocycles. The Kier molecular flexibility index (Phi) is 4.99. The van der Waals surface area contributed by atoms with Crippen molar-refractivity contribution in [2.45, 2.75) is 43.9 Å². The summed E-state index contributed by atoms with van der Waals surface area (Å²) in [7, 11) is 0. The zero-order valence-corrected chi connectivity index (χ0v) is 17.2. The molecule has 12 heteroatoms. The van der Waals surface area contributed by atoms with Gasteiger partial charge in [0, 0.05) is 37.3 Å². The lowest BCUT2D eigenvalue weighted by Crippen LogP contribution is -2.38. The zero-order valence-electron chi connectivity index (χ0n) is 17.2. The van der Waals surface area contributed by atoms with Crippen LogP contribution in [0.1, 0.15) is 13.3 Å². The first-order chi connectivity index (χ1) is 15.2. The Morgan fingerprint density at radius 2 is 2.12 bits per heavy atom. The van der Waals surface area contributed by atoms with E-state index in [2.05, 4.69) is 19.7 Å². The number of ether oxygens (including phenoxy) is 2. The summed E-state index contributed by atoms with van der Waals surface area (Å²) < 4.78 is 64.3. The van der Waals surface area contributed by atoms with Gasteiger partial charge in [-0.25, -0.2) is 18.7 Å². The lowest BCUT2D eigenvalue weighted by Gasteiger charge is -2.29. The highest BCUT2D eigenvalue weighted by Gasteiger charge is 2.49. The number of hydrogen-bond donors (Lipinski definition) is 1. The second-order valence-electron chi connectivity index (χ2n) is 8.52. The first-order valence-corrected chi connectivity index (χ1v) is 10.3. The molecule has 3 fully saturated rings. The van der Waals surface area contributed by atoms with Crippen LogP contribution < -0.4 is 20.3 Å². The molecule has 5 heterocycles. The fraction of sp³-hybridized carbons (Fsp3) is 0.550. The SMILES string of the molecule is C[C@]1(F)CCN(c2nc(-c3cnc(N)c(OC(F)F)c3)cc(N3CC4OCC3C4F)n2)C1. The van der Waals surface area contributed by atoms with Crippen LogP contribution in [0.25, 0.3) is 11.3 Å². The fourth-order valence-corrected chi connectivity index (χ4v) is 4.40. The van der Waals surface area contributed by atoms with Crippen LogP contribution in [-0.2, 0) is 4.74 Å². The van der Waals surface area contributed by atoms with Gasteiger partial charge in [0.15, 0.2) is 17.7 Å². The lowest BCUT2D eigenvalue weighted by atomic mass is 10.1. The summed E-state index contributed by atoms with van der Waals surface area (Å²) in [5, 5.41) is 0. The predicted molar refractivity (Wildman–Crippen MR) is 108 cm³/mol. The molecule has 2 N–H and O–H groups in total. The van der Waals surface area contributed by atoms with Gasteiger partial charge in [-0.15, -0.1) is 0 Å². The second kappa shape index (κ2) is 7.61. The van der Waals surface area contributed by atoms with Crippen LogP contribution >= 0.6 is 0 Å². The summed E-state index contributed by atoms with van der Waals surface area (Å²) in [6, 6.07) is 2.45. The van der Waals surface area contributed by atoms with Crippen molar-refractivity contribution in [2.24, 2.45) is 0 Å². The Morgan fingerprint density at radius 3 is 2.75 bits per heavy atom. The number of nitrogens with zero attached hydrogens (tertiary/aromatic N) is 5. The minimum absolute atomic E-state index is 0.108. The van der Waals surface area contributed by atoms with Crippen molar-refractivity contribution in [3.8, 4) is 17.0 Å². The van der Waals surface area contributed by atoms with E-state index in [9.17, 15) is 17.6 Å². The number of aromatic nitrogens is 3. The topological polar surface area (TPSA) is 89.6 Å². The van der Waals surface area contributed by atoms with Gasteiger partial charge in [0.2, 0.25) is 5.95 Å². The van der Waals surface area contributed by atoms with Gasteiger partial charge >= 0.3 is 6.61 Å². The van der Waals surface area contributed by atoms with Crippen molar-refractivity contribution < 1.29 is 27.0 Å². The predicted octanol–water partition coefficient (Wildman–Crippen LogP) is 2.59. The van der Waals surface area contributed by atoms with Crippen LogP contribution in [-0.4, -0.2) is 71.8 Å². The van der Waals surface area contributed by atoms with Gasteiger partial charge in [-0.3, -0.25) is 0 Å². The van der Waals surface area contributed by atoms with Gasteiger partial charge in [-0.1, -0.05) is 0 Å². The zero-order chi connectivity index (χ0) is 22.6. The largest absolute Gasteiger partial charge is 0.431 e. The van der Waals surface area contributed by atoms with Crippen molar-refractivity contribution in [1.29, 1.82) is 0 Å². The summed E-state index contributed by atoms with van der Waals surface area (Å²) in [6.07, 6.45) is 0.0268. The van der Waals surface area contributed by atoms with Gasteiger partial charge in [0.1, 0.15) is 17.6 Å². The van der Waals surface area contributed by atoms with E-state index in [1.807, 2.05) is 0 Å². The molecular formula is C20H22F4N6O2. The van der Waals surface area contributed by atoms with E-state index in [1.165, 1.54) is 19.2 Å². The van der Waals surface area contributed by atoms with Crippen molar-refractivity contribution in [3.63, 3.8) is 0 Å². The monoisotopic (exact) mass is 454 g/mol. The quantitative estimate of drug-likeness (QED) is 0.690. The van der Waals surface area contributed by atoms with Gasteiger partial charge in [0.25, 0.3) is 0 Å². The average Bonchev–Trinajstić information content (AvgIpc) is 3.40. The number of nitrogens with two attached hydrogens (primary N) is 1. The molecule has 0 amide bonds. The number of morpholine rings is 1. The Labute approximate surface area is 181 Å². The number of fused-ring (bicyclic) bond motifs is 2. The molecule has 32 heavy (non-hydrogen) atoms. The maximum absolute atomic E-state index is 14.5. The molecule has 2 aromatic rings. The number of nitrogen functional groups attached to an aromatic ring is 1. The molecule has 0 spiro atoms. The molecule has 3 aliphatic heterocycles. The highest BCUT2D eigenvalue weighted by Crippen LogP contribution is 2.37. The van der Waals surface area contributed by atoms with E-state index in [0.717, 1.165) is 0 Å². The maximum atomic E-state index is 14.5. The Hall–Kier alpha value is -2.89. The third-order valence-electron chi connectivity index (χ3n) is 6.08. The van der Waals surface area contributed by atoms with Crippen LogP contribution in [0, 0.1) is 0 Å². The van der Waals surface area contributed by atoms with Crippen molar-refractivity contribution in [1.82, 2.24) is 15.0 Å². The van der Waals surface area contributed by atoms with Crippen LogP contribution in [0.15, 0.2) is 18.3 Å². The third kappa shape index (κ3) is 3.76. The van der Waals surface area contributed by atoms with Gasteiger partial charge < -0.3 is 25.0 Å². The van der Waals surface area contributed by atoms with Crippen LogP contribution in [0.5, 0.6) is 5.75 Å². The van der Waals surface area contributed by atoms with Gasteiger partial charge in [-0.05, 0) is 13.0 Å². The number of anilines is 3. The van der Waals surface area contributed by atoms with Crippen LogP contribution in [0.2, 0.25) is 0 Å². The smallest absolute Gasteiger partial charge is 0.387 e. The normalized spacial score (nSPS) is 29.4. The molecule has 8 nitrogen and oxygen atoms in total. The summed E-state index contributed by atoms with van der Waals surface area (Å²) in [4.78, 5) is 16.6. The fourth-order valence-electron chi connectivity index (χ4n) is 4.40. The average molecular weight is 454 g/mol. The number of alkyl halides is 4. The summed E-state index contributed by atoms with van der Waals surface area (Å²) in [5.41, 5.74) is 4.97. The molecule has 172 valence electrons. The second-order valence-corrected chi connectivity index (χ2v) is 8.52. The summed E-state index contributed by atoms with van der Waals surface area (Å²) in [6.45, 7) is -0.475.